The van der Waals surface area contributed by atoms with Gasteiger partial charge in [0.05, 0.1) is 6.20 Å². The van der Waals surface area contributed by atoms with Crippen molar-refractivity contribution < 1.29 is 14.3 Å². The van der Waals surface area contributed by atoms with Gasteiger partial charge in [-0.3, -0.25) is 4.79 Å². The van der Waals surface area contributed by atoms with Gasteiger partial charge in [0, 0.05) is 13.1 Å². The minimum atomic E-state index is 0.0628. The third kappa shape index (κ3) is 4.05. The quantitative estimate of drug-likeness (QED) is 0.549. The molecule has 1 fully saturated rings. The predicted molar refractivity (Wildman–Crippen MR) is 117 cm³/mol. The fourth-order valence-electron chi connectivity index (χ4n) is 4.09. The molecule has 3 heterocycles. The fourth-order valence-corrected chi connectivity index (χ4v) is 4.84. The van der Waals surface area contributed by atoms with Crippen LogP contribution in [0.3, 0.4) is 0 Å². The lowest BCUT2D eigenvalue weighted by Crippen LogP contribution is -2.35. The average Bonchev–Trinajstić information content (AvgIpc) is 3.28. The number of hydrogen-bond acceptors (Lipinski definition) is 5. The Morgan fingerprint density at radius 2 is 1.93 bits per heavy atom. The average molecular weight is 421 g/mol. The van der Waals surface area contributed by atoms with Crippen LogP contribution in [0.1, 0.15) is 52.6 Å². The number of rotatable bonds is 4. The summed E-state index contributed by atoms with van der Waals surface area (Å²) in [7, 11) is 0. The van der Waals surface area contributed by atoms with E-state index in [0.29, 0.717) is 10.1 Å². The van der Waals surface area contributed by atoms with Crippen LogP contribution in [0, 0.1) is 0 Å². The van der Waals surface area contributed by atoms with Crippen LogP contribution in [-0.2, 0) is 6.42 Å². The first-order valence-corrected chi connectivity index (χ1v) is 11.4. The highest BCUT2D eigenvalue weighted by Gasteiger charge is 2.23. The van der Waals surface area contributed by atoms with E-state index in [4.69, 9.17) is 9.47 Å². The van der Waals surface area contributed by atoms with Crippen LogP contribution < -0.4 is 9.47 Å². The Hall–Kier alpha value is -2.86. The van der Waals surface area contributed by atoms with Gasteiger partial charge in [0.15, 0.2) is 0 Å². The van der Waals surface area contributed by atoms with Crippen molar-refractivity contribution >= 4 is 17.2 Å². The third-order valence-corrected chi connectivity index (χ3v) is 6.56. The maximum atomic E-state index is 12.6. The third-order valence-electron chi connectivity index (χ3n) is 5.69. The molecular weight excluding hydrogens is 396 g/mol. The van der Waals surface area contributed by atoms with E-state index in [-0.39, 0.29) is 12.0 Å². The van der Waals surface area contributed by atoms with Crippen LogP contribution in [0.5, 0.6) is 16.7 Å². The molecule has 1 aromatic heterocycles. The van der Waals surface area contributed by atoms with Crippen molar-refractivity contribution in [3.8, 4) is 16.7 Å². The molecule has 5 nitrogen and oxygen atoms in total. The number of aromatic nitrogens is 1. The number of carbonyl (C=O) groups is 1. The number of aryl methyl sites for hydroxylation is 1. The Morgan fingerprint density at radius 1 is 1.10 bits per heavy atom. The van der Waals surface area contributed by atoms with E-state index in [1.54, 1.807) is 6.20 Å². The van der Waals surface area contributed by atoms with Gasteiger partial charge in [-0.05, 0) is 61.4 Å². The molecule has 0 N–H and O–H groups in total. The zero-order valence-electron chi connectivity index (χ0n) is 16.8. The maximum absolute atomic E-state index is 12.6. The predicted octanol–water partition coefficient (Wildman–Crippen LogP) is 5.63. The number of amides is 1. The molecule has 30 heavy (non-hydrogen) atoms. The second-order valence-corrected chi connectivity index (χ2v) is 8.76. The monoisotopic (exact) mass is 420 g/mol. The van der Waals surface area contributed by atoms with Gasteiger partial charge >= 0.3 is 0 Å². The number of benzene rings is 2. The van der Waals surface area contributed by atoms with Gasteiger partial charge in [-0.25, -0.2) is 4.98 Å². The number of piperidine rings is 1. The highest BCUT2D eigenvalue weighted by Crippen LogP contribution is 2.38. The second kappa shape index (κ2) is 8.48. The Kier molecular flexibility index (Phi) is 5.41. The first-order chi connectivity index (χ1) is 14.8. The van der Waals surface area contributed by atoms with Crippen LogP contribution in [0.2, 0.25) is 0 Å². The zero-order valence-corrected chi connectivity index (χ0v) is 17.6. The molecule has 0 radical (unpaired) electrons. The summed E-state index contributed by atoms with van der Waals surface area (Å²) in [5.74, 6) is 1.69. The SMILES string of the molecule is O=C(c1cnc(Oc2ccc3c(c2)CC[C@@H](c2ccccc2)O3)s1)N1CCCCC1. The number of thiazole rings is 1. The number of hydrogen-bond donors (Lipinski definition) is 0. The topological polar surface area (TPSA) is 51.7 Å². The molecule has 1 amide bonds. The lowest BCUT2D eigenvalue weighted by atomic mass is 9.97. The highest BCUT2D eigenvalue weighted by atomic mass is 32.1. The lowest BCUT2D eigenvalue weighted by molar-refractivity contribution is 0.0729. The molecule has 2 aromatic carbocycles. The normalized spacial score (nSPS) is 18.4. The number of ether oxygens (including phenoxy) is 2. The zero-order chi connectivity index (χ0) is 20.3. The molecule has 154 valence electrons. The molecule has 3 aromatic rings. The summed E-state index contributed by atoms with van der Waals surface area (Å²) in [4.78, 5) is 19.5. The Bertz CT molecular complexity index is 1030. The molecule has 0 saturated carbocycles. The molecule has 1 saturated heterocycles. The van der Waals surface area contributed by atoms with E-state index in [2.05, 4.69) is 17.1 Å². The molecule has 0 spiro atoms. The van der Waals surface area contributed by atoms with Gasteiger partial charge in [-0.15, -0.1) is 0 Å². The highest BCUT2D eigenvalue weighted by molar-refractivity contribution is 7.15. The van der Waals surface area contributed by atoms with Crippen LogP contribution in [0.25, 0.3) is 0 Å². The van der Waals surface area contributed by atoms with Crippen molar-refractivity contribution in [1.29, 1.82) is 0 Å². The summed E-state index contributed by atoms with van der Waals surface area (Å²) in [6, 6.07) is 16.2. The minimum Gasteiger partial charge on any atom is -0.485 e. The van der Waals surface area contributed by atoms with E-state index in [9.17, 15) is 4.79 Å². The van der Waals surface area contributed by atoms with Crippen molar-refractivity contribution in [2.24, 2.45) is 0 Å². The summed E-state index contributed by atoms with van der Waals surface area (Å²) in [5.41, 5.74) is 2.35. The van der Waals surface area contributed by atoms with Crippen LogP contribution in [0.4, 0.5) is 0 Å². The molecule has 0 aliphatic carbocycles. The van der Waals surface area contributed by atoms with Crippen molar-refractivity contribution in [2.75, 3.05) is 13.1 Å². The first-order valence-electron chi connectivity index (χ1n) is 10.5. The second-order valence-electron chi connectivity index (χ2n) is 7.77. The van der Waals surface area contributed by atoms with Gasteiger partial charge < -0.3 is 14.4 Å². The first kappa shape index (κ1) is 19.1. The molecule has 2 aliphatic rings. The van der Waals surface area contributed by atoms with Crippen LogP contribution >= 0.6 is 11.3 Å². The maximum Gasteiger partial charge on any atom is 0.279 e. The molecule has 2 aliphatic heterocycles. The molecule has 1 atom stereocenters. The molecule has 5 rings (SSSR count). The summed E-state index contributed by atoms with van der Waals surface area (Å²) in [6.07, 6.45) is 6.95. The number of likely N-dealkylation sites (tertiary alicyclic amines) is 1. The van der Waals surface area contributed by atoms with Crippen molar-refractivity contribution in [3.05, 3.63) is 70.7 Å². The van der Waals surface area contributed by atoms with Gasteiger partial charge in [0.2, 0.25) is 0 Å². The summed E-state index contributed by atoms with van der Waals surface area (Å²) >= 11 is 1.31. The van der Waals surface area contributed by atoms with Crippen molar-refractivity contribution in [2.45, 2.75) is 38.2 Å². The minimum absolute atomic E-state index is 0.0628. The van der Waals surface area contributed by atoms with Gasteiger partial charge in [0.25, 0.3) is 11.1 Å². The molecular formula is C24H24N2O3S. The van der Waals surface area contributed by atoms with E-state index < -0.39 is 0 Å². The molecule has 0 unspecified atom stereocenters. The number of nitrogens with zero attached hydrogens (tertiary/aromatic N) is 2. The van der Waals surface area contributed by atoms with E-state index in [0.717, 1.165) is 55.8 Å². The van der Waals surface area contributed by atoms with E-state index in [1.807, 2.05) is 41.3 Å². The number of fused-ring (bicyclic) bond motifs is 1. The van der Waals surface area contributed by atoms with Crippen LogP contribution in [0.15, 0.2) is 54.7 Å². The smallest absolute Gasteiger partial charge is 0.279 e. The fraction of sp³-hybridized carbons (Fsp3) is 0.333. The Morgan fingerprint density at radius 3 is 2.77 bits per heavy atom. The Balaban J connectivity index is 1.26. The van der Waals surface area contributed by atoms with E-state index >= 15 is 0 Å². The Labute approximate surface area is 180 Å². The van der Waals surface area contributed by atoms with Gasteiger partial charge in [0.1, 0.15) is 22.5 Å². The largest absolute Gasteiger partial charge is 0.485 e. The van der Waals surface area contributed by atoms with Crippen LogP contribution in [-0.4, -0.2) is 28.9 Å². The lowest BCUT2D eigenvalue weighted by Gasteiger charge is -2.26. The molecule has 0 bridgehead atoms. The molecule has 6 heteroatoms. The standard InChI is InChI=1S/C24H24N2O3S/c27-23(26-13-5-2-6-14-26)22-16-25-24(30-22)28-19-10-12-21-18(15-19)9-11-20(29-21)17-7-3-1-4-8-17/h1,3-4,7-8,10,12,15-16,20H,2,5-6,9,11,13-14H2/t20-/m0/s1. The van der Waals surface area contributed by atoms with Crippen molar-refractivity contribution in [1.82, 2.24) is 9.88 Å². The van der Waals surface area contributed by atoms with E-state index in [1.165, 1.54) is 23.3 Å². The van der Waals surface area contributed by atoms with Gasteiger partial charge in [-0.1, -0.05) is 41.7 Å². The summed E-state index contributed by atoms with van der Waals surface area (Å²) in [5, 5.41) is 0.495. The number of carbonyl (C=O) groups excluding carboxylic acids is 1. The summed E-state index contributed by atoms with van der Waals surface area (Å²) < 4.78 is 12.2. The van der Waals surface area contributed by atoms with Crippen molar-refractivity contribution in [3.63, 3.8) is 0 Å². The summed E-state index contributed by atoms with van der Waals surface area (Å²) in [6.45, 7) is 1.67. The van der Waals surface area contributed by atoms with Gasteiger partial charge in [-0.2, -0.15) is 0 Å².